The number of hydrogen-bond acceptors (Lipinski definition) is 9. The predicted octanol–water partition coefficient (Wildman–Crippen LogP) is 4.96. The highest BCUT2D eigenvalue weighted by Gasteiger charge is 2.29. The summed E-state index contributed by atoms with van der Waals surface area (Å²) < 4.78 is 16.6. The molecule has 0 radical (unpaired) electrons. The molecule has 0 unspecified atom stereocenters. The SMILES string of the molecule is COCCN1C(C)=C(C(=O)Nc2ccc(Oc3ccnc4cc(OC)ccc34)cn2)CON1c1ccccc1. The Morgan fingerprint density at radius 2 is 1.85 bits per heavy atom. The van der Waals surface area contributed by atoms with Crippen LogP contribution >= 0.6 is 0 Å². The third-order valence-corrected chi connectivity index (χ3v) is 6.25. The number of hydrogen-bond donors (Lipinski definition) is 1. The summed E-state index contributed by atoms with van der Waals surface area (Å²) in [4.78, 5) is 27.9. The van der Waals surface area contributed by atoms with E-state index < -0.39 is 0 Å². The summed E-state index contributed by atoms with van der Waals surface area (Å²) in [6.07, 6.45) is 3.24. The van der Waals surface area contributed by atoms with Crippen LogP contribution in [-0.4, -0.2) is 54.9 Å². The molecule has 39 heavy (non-hydrogen) atoms. The van der Waals surface area contributed by atoms with E-state index in [1.807, 2.05) is 60.5 Å². The maximum absolute atomic E-state index is 13.2. The maximum atomic E-state index is 13.2. The largest absolute Gasteiger partial charge is 0.497 e. The molecule has 200 valence electrons. The molecule has 0 fully saturated rings. The number of carbonyl (C=O) groups is 1. The number of ether oxygens (including phenoxy) is 3. The first kappa shape index (κ1) is 26.0. The molecular formula is C29H29N5O5. The van der Waals surface area contributed by atoms with Crippen molar-refractivity contribution in [2.75, 3.05) is 44.5 Å². The number of pyridine rings is 2. The van der Waals surface area contributed by atoms with Crippen LogP contribution in [-0.2, 0) is 14.4 Å². The van der Waals surface area contributed by atoms with Gasteiger partial charge in [0.25, 0.3) is 5.91 Å². The van der Waals surface area contributed by atoms with Crippen LogP contribution in [0.15, 0.2) is 90.4 Å². The zero-order valence-electron chi connectivity index (χ0n) is 22.0. The quantitative estimate of drug-likeness (QED) is 0.324. The summed E-state index contributed by atoms with van der Waals surface area (Å²) in [5.74, 6) is 1.98. The van der Waals surface area contributed by atoms with Gasteiger partial charge < -0.3 is 19.5 Å². The van der Waals surface area contributed by atoms with Gasteiger partial charge in [-0.15, -0.1) is 0 Å². The molecule has 2 aromatic carbocycles. The predicted molar refractivity (Wildman–Crippen MR) is 147 cm³/mol. The lowest BCUT2D eigenvalue weighted by atomic mass is 10.2. The molecule has 2 aromatic heterocycles. The number of nitrogens with one attached hydrogen (secondary N) is 1. The van der Waals surface area contributed by atoms with Gasteiger partial charge in [0, 0.05) is 30.5 Å². The van der Waals surface area contributed by atoms with Crippen molar-refractivity contribution >= 4 is 28.3 Å². The van der Waals surface area contributed by atoms with Gasteiger partial charge in [0.15, 0.2) is 0 Å². The summed E-state index contributed by atoms with van der Waals surface area (Å²) in [6, 6.07) is 20.5. The number of hydrazine groups is 1. The summed E-state index contributed by atoms with van der Waals surface area (Å²) >= 11 is 0. The molecule has 1 aliphatic heterocycles. The molecule has 4 aromatic rings. The Morgan fingerprint density at radius 1 is 1.03 bits per heavy atom. The molecular weight excluding hydrogens is 498 g/mol. The highest BCUT2D eigenvalue weighted by molar-refractivity contribution is 6.04. The zero-order valence-corrected chi connectivity index (χ0v) is 22.0. The molecule has 0 aliphatic carbocycles. The van der Waals surface area contributed by atoms with E-state index in [0.717, 1.165) is 28.0 Å². The van der Waals surface area contributed by atoms with Crippen molar-refractivity contribution in [1.82, 2.24) is 15.0 Å². The topological polar surface area (TPSA) is 98.3 Å². The molecule has 1 amide bonds. The fraction of sp³-hybridized carbons (Fsp3) is 0.207. The number of aromatic nitrogens is 2. The molecule has 0 spiro atoms. The van der Waals surface area contributed by atoms with Gasteiger partial charge in [-0.05, 0) is 49.4 Å². The number of carbonyl (C=O) groups excluding carboxylic acids is 1. The molecule has 1 aliphatic rings. The molecule has 0 saturated carbocycles. The van der Waals surface area contributed by atoms with Crippen molar-refractivity contribution < 1.29 is 23.8 Å². The lowest BCUT2D eigenvalue weighted by molar-refractivity contribution is -0.115. The number of nitrogens with zero attached hydrogens (tertiary/aromatic N) is 4. The lowest BCUT2D eigenvalue weighted by Crippen LogP contribution is -2.48. The van der Waals surface area contributed by atoms with Crippen LogP contribution in [0, 0.1) is 0 Å². The fourth-order valence-electron chi connectivity index (χ4n) is 4.18. The number of allylic oxidation sites excluding steroid dienone is 1. The monoisotopic (exact) mass is 527 g/mol. The van der Waals surface area contributed by atoms with Crippen LogP contribution in [0.25, 0.3) is 10.9 Å². The van der Waals surface area contributed by atoms with E-state index in [0.29, 0.717) is 36.0 Å². The van der Waals surface area contributed by atoms with Crippen molar-refractivity contribution in [3.63, 3.8) is 0 Å². The van der Waals surface area contributed by atoms with Gasteiger partial charge in [0.05, 0.1) is 43.2 Å². The second-order valence-corrected chi connectivity index (χ2v) is 8.69. The van der Waals surface area contributed by atoms with Gasteiger partial charge in [-0.25, -0.2) is 9.82 Å². The van der Waals surface area contributed by atoms with Crippen molar-refractivity contribution in [1.29, 1.82) is 0 Å². The highest BCUT2D eigenvalue weighted by atomic mass is 16.7. The Labute approximate surface area is 226 Å². The standard InChI is InChI=1S/C29H29N5O5/c1-20-25(19-38-34(33(20)15-16-36-2)21-7-5-4-6-8-21)29(35)32-28-12-10-23(18-31-28)39-27-13-14-30-26-17-22(37-3)9-11-24(26)27/h4-14,17-18H,15-16,19H2,1-3H3,(H,31,32,35). The number of fused-ring (bicyclic) bond motifs is 1. The minimum absolute atomic E-state index is 0.108. The van der Waals surface area contributed by atoms with Gasteiger partial charge in [0.2, 0.25) is 0 Å². The average molecular weight is 528 g/mol. The van der Waals surface area contributed by atoms with E-state index in [1.54, 1.807) is 50.0 Å². The number of benzene rings is 2. The Kier molecular flexibility index (Phi) is 7.86. The number of rotatable bonds is 9. The smallest absolute Gasteiger partial charge is 0.257 e. The van der Waals surface area contributed by atoms with E-state index in [-0.39, 0.29) is 12.5 Å². The van der Waals surface area contributed by atoms with Crippen LogP contribution in [0.1, 0.15) is 6.92 Å². The number of methoxy groups -OCH3 is 2. The first-order valence-corrected chi connectivity index (χ1v) is 12.4. The molecule has 0 bridgehead atoms. The summed E-state index contributed by atoms with van der Waals surface area (Å²) in [7, 11) is 3.25. The molecule has 0 atom stereocenters. The molecule has 0 saturated heterocycles. The van der Waals surface area contributed by atoms with Crippen LogP contribution in [0.2, 0.25) is 0 Å². The van der Waals surface area contributed by atoms with Gasteiger partial charge in [-0.2, -0.15) is 5.17 Å². The number of amides is 1. The van der Waals surface area contributed by atoms with Gasteiger partial charge >= 0.3 is 0 Å². The molecule has 3 heterocycles. The highest BCUT2D eigenvalue weighted by Crippen LogP contribution is 2.31. The second-order valence-electron chi connectivity index (χ2n) is 8.69. The third kappa shape index (κ3) is 5.77. The average Bonchev–Trinajstić information content (AvgIpc) is 2.97. The first-order chi connectivity index (χ1) is 19.1. The van der Waals surface area contributed by atoms with Crippen LogP contribution in [0.5, 0.6) is 17.2 Å². The van der Waals surface area contributed by atoms with Gasteiger partial charge in [-0.1, -0.05) is 18.2 Å². The van der Waals surface area contributed by atoms with Crippen LogP contribution < -0.4 is 20.0 Å². The Balaban J connectivity index is 1.30. The van der Waals surface area contributed by atoms with Crippen molar-refractivity contribution in [2.24, 2.45) is 0 Å². The third-order valence-electron chi connectivity index (χ3n) is 6.25. The summed E-state index contributed by atoms with van der Waals surface area (Å²) in [6.45, 7) is 2.97. The van der Waals surface area contributed by atoms with E-state index in [1.165, 1.54) is 0 Å². The van der Waals surface area contributed by atoms with E-state index in [2.05, 4.69) is 15.3 Å². The van der Waals surface area contributed by atoms with Crippen LogP contribution in [0.3, 0.4) is 0 Å². The van der Waals surface area contributed by atoms with Gasteiger partial charge in [-0.3, -0.25) is 14.8 Å². The normalized spacial score (nSPS) is 13.5. The molecule has 1 N–H and O–H groups in total. The Hall–Kier alpha value is -4.67. The first-order valence-electron chi connectivity index (χ1n) is 12.4. The lowest BCUT2D eigenvalue weighted by Gasteiger charge is -2.41. The Bertz CT molecular complexity index is 1480. The number of para-hydroxylation sites is 1. The molecule has 5 rings (SSSR count). The Morgan fingerprint density at radius 3 is 2.59 bits per heavy atom. The van der Waals surface area contributed by atoms with Crippen molar-refractivity contribution in [3.05, 3.63) is 90.4 Å². The summed E-state index contributed by atoms with van der Waals surface area (Å²) in [5.41, 5.74) is 2.87. The van der Waals surface area contributed by atoms with E-state index >= 15 is 0 Å². The van der Waals surface area contributed by atoms with Gasteiger partial charge in [0.1, 0.15) is 29.7 Å². The minimum Gasteiger partial charge on any atom is -0.497 e. The number of anilines is 2. The zero-order chi connectivity index (χ0) is 27.2. The van der Waals surface area contributed by atoms with E-state index in [4.69, 9.17) is 19.0 Å². The molecule has 10 nitrogen and oxygen atoms in total. The fourth-order valence-corrected chi connectivity index (χ4v) is 4.18. The van der Waals surface area contributed by atoms with E-state index in [9.17, 15) is 4.79 Å². The van der Waals surface area contributed by atoms with Crippen LogP contribution in [0.4, 0.5) is 11.5 Å². The van der Waals surface area contributed by atoms with Crippen molar-refractivity contribution in [2.45, 2.75) is 6.92 Å². The van der Waals surface area contributed by atoms with Crippen molar-refractivity contribution in [3.8, 4) is 17.2 Å². The summed E-state index contributed by atoms with van der Waals surface area (Å²) in [5, 5.41) is 7.28. The second kappa shape index (κ2) is 11.8. The molecule has 10 heteroatoms. The minimum atomic E-state index is -0.294. The maximum Gasteiger partial charge on any atom is 0.257 e.